The maximum Gasteiger partial charge on any atom is 0.243 e. The van der Waals surface area contributed by atoms with Gasteiger partial charge in [-0.3, -0.25) is 19.2 Å². The van der Waals surface area contributed by atoms with E-state index in [-0.39, 0.29) is 67.7 Å². The Labute approximate surface area is 247 Å². The van der Waals surface area contributed by atoms with Gasteiger partial charge in [0, 0.05) is 38.3 Å². The van der Waals surface area contributed by atoms with Crippen molar-refractivity contribution in [3.63, 3.8) is 0 Å². The van der Waals surface area contributed by atoms with E-state index in [0.717, 1.165) is 5.56 Å². The summed E-state index contributed by atoms with van der Waals surface area (Å²) in [5, 5.41) is 20.8. The Bertz CT molecular complexity index is 1440. The molecule has 1 saturated heterocycles. The fourth-order valence-corrected chi connectivity index (χ4v) is 5.44. The number of fused-ring (bicyclic) bond motifs is 5. The van der Waals surface area contributed by atoms with Crippen LogP contribution in [0.15, 0.2) is 47.1 Å². The highest BCUT2D eigenvalue weighted by Crippen LogP contribution is 2.29. The van der Waals surface area contributed by atoms with Crippen molar-refractivity contribution in [3.05, 3.63) is 64.8 Å². The third-order valence-corrected chi connectivity index (χ3v) is 7.73. The summed E-state index contributed by atoms with van der Waals surface area (Å²) in [5.41, 5.74) is 1.38. The van der Waals surface area contributed by atoms with E-state index in [1.807, 2.05) is 44.2 Å². The Kier molecular flexibility index (Phi) is 8.86. The van der Waals surface area contributed by atoms with Crippen LogP contribution in [0.3, 0.4) is 0 Å². The molecule has 3 aromatic rings. The molecule has 5 rings (SSSR count). The molecule has 4 bridgehead atoms. The minimum atomic E-state index is -0.932. The molecule has 0 aliphatic carbocycles. The Morgan fingerprint density at radius 2 is 1.90 bits per heavy atom. The van der Waals surface area contributed by atoms with Gasteiger partial charge in [0.2, 0.25) is 23.6 Å². The fraction of sp³-hybridized carbons (Fsp3) is 0.464. The molecule has 222 valence electrons. The minimum Gasteiger partial charge on any atom is -0.360 e. The first-order chi connectivity index (χ1) is 20.2. The van der Waals surface area contributed by atoms with Gasteiger partial charge in [-0.1, -0.05) is 66.2 Å². The summed E-state index contributed by atoms with van der Waals surface area (Å²) >= 11 is 5.83. The number of carbonyl (C=O) groups is 4. The van der Waals surface area contributed by atoms with E-state index in [9.17, 15) is 19.2 Å². The van der Waals surface area contributed by atoms with Crippen LogP contribution in [0, 0.1) is 5.92 Å². The van der Waals surface area contributed by atoms with Gasteiger partial charge in [-0.05, 0) is 11.5 Å². The number of nitrogens with zero attached hydrogens (tertiary/aromatic N) is 5. The Morgan fingerprint density at radius 1 is 1.12 bits per heavy atom. The van der Waals surface area contributed by atoms with Gasteiger partial charge in [-0.2, -0.15) is 0 Å². The number of hydrogen-bond donors (Lipinski definition) is 3. The second kappa shape index (κ2) is 12.7. The second-order valence-corrected chi connectivity index (χ2v) is 11.3. The number of benzene rings is 1. The van der Waals surface area contributed by atoms with E-state index >= 15 is 0 Å². The lowest BCUT2D eigenvalue weighted by molar-refractivity contribution is -0.140. The lowest BCUT2D eigenvalue weighted by Gasteiger charge is -2.29. The van der Waals surface area contributed by atoms with Crippen LogP contribution in [-0.2, 0) is 38.6 Å². The van der Waals surface area contributed by atoms with Gasteiger partial charge < -0.3 is 25.4 Å². The van der Waals surface area contributed by atoms with Crippen molar-refractivity contribution in [1.82, 2.24) is 41.0 Å². The largest absolute Gasteiger partial charge is 0.360 e. The Balaban J connectivity index is 1.40. The van der Waals surface area contributed by atoms with E-state index < -0.39 is 29.9 Å². The smallest absolute Gasteiger partial charge is 0.243 e. The first-order valence-electron chi connectivity index (χ1n) is 13.9. The molecular weight excluding hydrogens is 564 g/mol. The maximum atomic E-state index is 13.7. The molecule has 14 heteroatoms. The summed E-state index contributed by atoms with van der Waals surface area (Å²) in [6, 6.07) is 7.90. The van der Waals surface area contributed by atoms with E-state index in [2.05, 4.69) is 31.4 Å². The summed E-state index contributed by atoms with van der Waals surface area (Å²) in [6.45, 7) is 3.94. The molecule has 0 spiro atoms. The zero-order valence-corrected chi connectivity index (χ0v) is 24.1. The molecule has 0 saturated carbocycles. The number of likely N-dealkylation sites (tertiary alicyclic amines) is 1. The van der Waals surface area contributed by atoms with Gasteiger partial charge in [0.1, 0.15) is 29.6 Å². The average molecular weight is 597 g/mol. The normalized spacial score (nSPS) is 23.1. The minimum absolute atomic E-state index is 0.0753. The molecule has 2 aliphatic rings. The zero-order chi connectivity index (χ0) is 29.8. The maximum absolute atomic E-state index is 13.7. The lowest BCUT2D eigenvalue weighted by Crippen LogP contribution is -2.58. The van der Waals surface area contributed by atoms with Gasteiger partial charge in [0.05, 0.1) is 18.8 Å². The number of hydrogen-bond acceptors (Lipinski definition) is 8. The van der Waals surface area contributed by atoms with Crippen molar-refractivity contribution >= 4 is 35.2 Å². The molecule has 1 aromatic carbocycles. The van der Waals surface area contributed by atoms with Gasteiger partial charge in [0.15, 0.2) is 5.15 Å². The Morgan fingerprint density at radius 3 is 2.62 bits per heavy atom. The third kappa shape index (κ3) is 6.78. The zero-order valence-electron chi connectivity index (χ0n) is 23.3. The molecule has 0 unspecified atom stereocenters. The molecule has 1 fully saturated rings. The highest BCUT2D eigenvalue weighted by Gasteiger charge is 2.42. The van der Waals surface area contributed by atoms with E-state index in [1.165, 1.54) is 4.90 Å². The molecule has 2 aliphatic heterocycles. The van der Waals surface area contributed by atoms with Crippen molar-refractivity contribution in [2.45, 2.75) is 70.2 Å². The number of aromatic nitrogens is 4. The van der Waals surface area contributed by atoms with Crippen molar-refractivity contribution in [3.8, 4) is 0 Å². The van der Waals surface area contributed by atoms with Crippen LogP contribution in [-0.4, -0.2) is 73.3 Å². The van der Waals surface area contributed by atoms with E-state index in [1.54, 1.807) is 16.9 Å². The first-order valence-corrected chi connectivity index (χ1v) is 14.3. The van der Waals surface area contributed by atoms with Crippen LogP contribution in [0.4, 0.5) is 0 Å². The van der Waals surface area contributed by atoms with Crippen molar-refractivity contribution < 1.29 is 23.7 Å². The van der Waals surface area contributed by atoms with Crippen LogP contribution in [0.1, 0.15) is 49.7 Å². The predicted octanol–water partition coefficient (Wildman–Crippen LogP) is 1.19. The highest BCUT2D eigenvalue weighted by atomic mass is 35.5. The molecule has 4 atom stereocenters. The van der Waals surface area contributed by atoms with Crippen LogP contribution >= 0.6 is 11.6 Å². The molecule has 0 radical (unpaired) electrons. The fourth-order valence-electron chi connectivity index (χ4n) is 5.29. The van der Waals surface area contributed by atoms with Crippen molar-refractivity contribution in [1.29, 1.82) is 0 Å². The molecule has 13 nitrogen and oxygen atoms in total. The number of carbonyl (C=O) groups excluding carboxylic acids is 4. The van der Waals surface area contributed by atoms with Crippen LogP contribution in [0.2, 0.25) is 5.15 Å². The number of nitrogens with one attached hydrogen (secondary N) is 3. The molecule has 2 aromatic heterocycles. The predicted molar refractivity (Wildman–Crippen MR) is 150 cm³/mol. The average Bonchev–Trinajstić information content (AvgIpc) is 3.72. The third-order valence-electron chi connectivity index (χ3n) is 7.56. The van der Waals surface area contributed by atoms with E-state index in [4.69, 9.17) is 16.1 Å². The van der Waals surface area contributed by atoms with Crippen LogP contribution in [0.5, 0.6) is 0 Å². The first kappa shape index (κ1) is 29.2. The standard InChI is InChI=1S/C28H33ClN8O5/c1-16(2)25-28(41)31-21(10-17-6-4-3-5-7-17)26(39)30-13-18-14-37(35-33-18)19-11-22(27(40)32-25)36(15-19)24(38)9-8-20-12-23(29)34-42-20/h3-7,12,14,16,19,21-22,25H,8-11,13,15H2,1-2H3,(H,30,39)(H,31,41)(H,32,40)/t19-,21+,22-,25-/m0/s1. The molecular formula is C28H33ClN8O5. The van der Waals surface area contributed by atoms with Crippen LogP contribution < -0.4 is 16.0 Å². The summed E-state index contributed by atoms with van der Waals surface area (Å²) in [7, 11) is 0. The summed E-state index contributed by atoms with van der Waals surface area (Å²) < 4.78 is 6.74. The van der Waals surface area contributed by atoms with Crippen molar-refractivity contribution in [2.75, 3.05) is 6.54 Å². The van der Waals surface area contributed by atoms with Gasteiger partial charge in [-0.25, -0.2) is 4.68 Å². The number of halogens is 1. The molecule has 4 amide bonds. The summed E-state index contributed by atoms with van der Waals surface area (Å²) in [5.74, 6) is -1.40. The number of amides is 4. The topological polar surface area (TPSA) is 164 Å². The lowest BCUT2D eigenvalue weighted by atomic mass is 10.00. The molecule has 42 heavy (non-hydrogen) atoms. The van der Waals surface area contributed by atoms with Gasteiger partial charge in [-0.15, -0.1) is 5.10 Å². The number of aryl methyl sites for hydroxylation is 1. The summed E-state index contributed by atoms with van der Waals surface area (Å²) in [6.07, 6.45) is 2.58. The van der Waals surface area contributed by atoms with E-state index in [0.29, 0.717) is 11.5 Å². The highest BCUT2D eigenvalue weighted by molar-refractivity contribution is 6.29. The van der Waals surface area contributed by atoms with Gasteiger partial charge >= 0.3 is 0 Å². The monoisotopic (exact) mass is 596 g/mol. The van der Waals surface area contributed by atoms with Crippen molar-refractivity contribution in [2.24, 2.45) is 5.92 Å². The van der Waals surface area contributed by atoms with Gasteiger partial charge in [0.25, 0.3) is 0 Å². The number of rotatable bonds is 6. The second-order valence-electron chi connectivity index (χ2n) is 11.0. The SMILES string of the molecule is CC(C)[C@@H]1NC(=O)[C@@H]2C[C@@H](CN2C(=O)CCc2cc(Cl)no2)n2cc(nn2)CNC(=O)[C@@H](Cc2ccccc2)NC1=O. The Hall–Kier alpha value is -4.26. The summed E-state index contributed by atoms with van der Waals surface area (Å²) in [4.78, 5) is 55.4. The quantitative estimate of drug-likeness (QED) is 0.382. The van der Waals surface area contributed by atoms with Crippen LogP contribution in [0.25, 0.3) is 0 Å². The molecule has 3 N–H and O–H groups in total. The molecule has 4 heterocycles.